The van der Waals surface area contributed by atoms with Crippen molar-refractivity contribution < 1.29 is 5.11 Å². The van der Waals surface area contributed by atoms with Crippen LogP contribution in [0.5, 0.6) is 0 Å². The summed E-state index contributed by atoms with van der Waals surface area (Å²) in [6, 6.07) is 7.62. The van der Waals surface area contributed by atoms with E-state index in [4.69, 9.17) is 0 Å². The van der Waals surface area contributed by atoms with Gasteiger partial charge in [0.15, 0.2) is 0 Å². The van der Waals surface area contributed by atoms with Gasteiger partial charge in [-0.3, -0.25) is 9.67 Å². The molecular formula is C14H14N4O. The van der Waals surface area contributed by atoms with Crippen LogP contribution in [0.3, 0.4) is 0 Å². The normalized spacial score (nSPS) is 12.7. The summed E-state index contributed by atoms with van der Waals surface area (Å²) < 4.78 is 1.72. The number of fused-ring (bicyclic) bond motifs is 1. The summed E-state index contributed by atoms with van der Waals surface area (Å²) in [5.41, 5.74) is 3.19. The van der Waals surface area contributed by atoms with Crippen LogP contribution in [0.4, 0.5) is 0 Å². The van der Waals surface area contributed by atoms with Crippen molar-refractivity contribution in [2.75, 3.05) is 0 Å². The van der Waals surface area contributed by atoms with Gasteiger partial charge in [0, 0.05) is 19.7 Å². The van der Waals surface area contributed by atoms with E-state index in [1.54, 1.807) is 17.1 Å². The van der Waals surface area contributed by atoms with Gasteiger partial charge in [0.05, 0.1) is 29.1 Å². The maximum absolute atomic E-state index is 10.2. The quantitative estimate of drug-likeness (QED) is 0.771. The third-order valence-corrected chi connectivity index (χ3v) is 3.00. The molecule has 1 atom stereocenters. The number of rotatable bonds is 3. The number of aliphatic hydroxyl groups is 1. The van der Waals surface area contributed by atoms with Crippen LogP contribution >= 0.6 is 0 Å². The summed E-state index contributed by atoms with van der Waals surface area (Å²) in [5, 5.41) is 14.3. The van der Waals surface area contributed by atoms with Gasteiger partial charge in [-0.15, -0.1) is 0 Å². The molecule has 0 fully saturated rings. The highest BCUT2D eigenvalue weighted by molar-refractivity contribution is 5.73. The van der Waals surface area contributed by atoms with Crippen molar-refractivity contribution in [3.8, 4) is 0 Å². The maximum atomic E-state index is 10.2. The highest BCUT2D eigenvalue weighted by Gasteiger charge is 2.12. The summed E-state index contributed by atoms with van der Waals surface area (Å²) >= 11 is 0. The Kier molecular flexibility index (Phi) is 2.97. The van der Waals surface area contributed by atoms with Crippen LogP contribution in [0.1, 0.15) is 17.4 Å². The number of nitrogens with zero attached hydrogens (tertiary/aromatic N) is 4. The Hall–Kier alpha value is -2.27. The van der Waals surface area contributed by atoms with Crippen LogP contribution in [0, 0.1) is 0 Å². The number of aromatic nitrogens is 4. The summed E-state index contributed by atoms with van der Waals surface area (Å²) in [6.45, 7) is 0. The molecule has 0 aliphatic rings. The van der Waals surface area contributed by atoms with E-state index >= 15 is 0 Å². The van der Waals surface area contributed by atoms with Crippen molar-refractivity contribution in [1.29, 1.82) is 0 Å². The Bertz CT molecular complexity index is 707. The molecule has 2 heterocycles. The summed E-state index contributed by atoms with van der Waals surface area (Å²) in [4.78, 5) is 8.74. The number of hydrogen-bond donors (Lipinski definition) is 1. The number of aryl methyl sites for hydroxylation is 1. The fourth-order valence-corrected chi connectivity index (χ4v) is 2.04. The topological polar surface area (TPSA) is 63.8 Å². The average Bonchev–Trinajstić information content (AvgIpc) is 2.83. The standard InChI is InChI=1S/C14H14N4O/c1-18-9-10(7-16-18)6-14(19)13-8-15-11-4-2-3-5-12(11)17-13/h2-5,7-9,14,19H,6H2,1H3. The number of aliphatic hydroxyl groups excluding tert-OH is 1. The predicted octanol–water partition coefficient (Wildman–Crippen LogP) is 1.64. The molecule has 0 saturated carbocycles. The Morgan fingerprint density at radius 1 is 1.21 bits per heavy atom. The van der Waals surface area contributed by atoms with Crippen LogP contribution in [-0.2, 0) is 13.5 Å². The van der Waals surface area contributed by atoms with Gasteiger partial charge in [-0.2, -0.15) is 5.10 Å². The summed E-state index contributed by atoms with van der Waals surface area (Å²) in [5.74, 6) is 0. The molecule has 0 aliphatic heterocycles. The first-order chi connectivity index (χ1) is 9.22. The lowest BCUT2D eigenvalue weighted by atomic mass is 10.1. The van der Waals surface area contributed by atoms with Crippen molar-refractivity contribution in [1.82, 2.24) is 19.7 Å². The minimum Gasteiger partial charge on any atom is -0.386 e. The maximum Gasteiger partial charge on any atom is 0.102 e. The molecule has 1 N–H and O–H groups in total. The first kappa shape index (κ1) is 11.8. The van der Waals surface area contributed by atoms with Crippen LogP contribution in [0.15, 0.2) is 42.9 Å². The Morgan fingerprint density at radius 3 is 2.74 bits per heavy atom. The van der Waals surface area contributed by atoms with Crippen LogP contribution in [0.25, 0.3) is 11.0 Å². The molecule has 96 valence electrons. The minimum absolute atomic E-state index is 0.487. The minimum atomic E-state index is -0.665. The summed E-state index contributed by atoms with van der Waals surface area (Å²) in [7, 11) is 1.85. The van der Waals surface area contributed by atoms with E-state index in [1.807, 2.05) is 37.5 Å². The van der Waals surface area contributed by atoms with Crippen LogP contribution in [0.2, 0.25) is 0 Å². The van der Waals surface area contributed by atoms with Crippen molar-refractivity contribution in [3.63, 3.8) is 0 Å². The monoisotopic (exact) mass is 254 g/mol. The zero-order valence-electron chi connectivity index (χ0n) is 10.6. The average molecular weight is 254 g/mol. The van der Waals surface area contributed by atoms with Crippen molar-refractivity contribution in [2.45, 2.75) is 12.5 Å². The molecule has 19 heavy (non-hydrogen) atoms. The molecule has 5 nitrogen and oxygen atoms in total. The second kappa shape index (κ2) is 4.78. The van der Waals surface area contributed by atoms with Gasteiger partial charge in [0.1, 0.15) is 6.10 Å². The largest absolute Gasteiger partial charge is 0.386 e. The molecule has 0 bridgehead atoms. The lowest BCUT2D eigenvalue weighted by Gasteiger charge is -2.09. The second-order valence-corrected chi connectivity index (χ2v) is 4.53. The Morgan fingerprint density at radius 2 is 2.00 bits per heavy atom. The SMILES string of the molecule is Cn1cc(CC(O)c2cnc3ccccc3n2)cn1. The number of benzene rings is 1. The molecule has 0 radical (unpaired) electrons. The molecule has 3 rings (SSSR count). The molecule has 2 aromatic heterocycles. The second-order valence-electron chi connectivity index (χ2n) is 4.53. The summed E-state index contributed by atoms with van der Waals surface area (Å²) in [6.07, 6.45) is 5.08. The predicted molar refractivity (Wildman–Crippen MR) is 71.4 cm³/mol. The zero-order valence-corrected chi connectivity index (χ0v) is 10.6. The highest BCUT2D eigenvalue weighted by Crippen LogP contribution is 2.17. The molecular weight excluding hydrogens is 240 g/mol. The van der Waals surface area contributed by atoms with Gasteiger partial charge in [0.25, 0.3) is 0 Å². The number of para-hydroxylation sites is 2. The fourth-order valence-electron chi connectivity index (χ4n) is 2.04. The van der Waals surface area contributed by atoms with E-state index in [1.165, 1.54) is 0 Å². The van der Waals surface area contributed by atoms with Gasteiger partial charge in [-0.05, 0) is 17.7 Å². The van der Waals surface area contributed by atoms with E-state index in [9.17, 15) is 5.11 Å². The van der Waals surface area contributed by atoms with Crippen LogP contribution in [-0.4, -0.2) is 24.9 Å². The molecule has 5 heteroatoms. The van der Waals surface area contributed by atoms with E-state index in [0.717, 1.165) is 16.6 Å². The van der Waals surface area contributed by atoms with Gasteiger partial charge in [-0.25, -0.2) is 4.98 Å². The Balaban J connectivity index is 1.86. The van der Waals surface area contributed by atoms with E-state index in [0.29, 0.717) is 12.1 Å². The van der Waals surface area contributed by atoms with E-state index < -0.39 is 6.10 Å². The Labute approximate surface area is 110 Å². The smallest absolute Gasteiger partial charge is 0.102 e. The van der Waals surface area contributed by atoms with Gasteiger partial charge in [-0.1, -0.05) is 12.1 Å². The molecule has 0 aliphatic carbocycles. The third kappa shape index (κ3) is 2.46. The molecule has 3 aromatic rings. The van der Waals surface area contributed by atoms with Crippen molar-refractivity contribution in [2.24, 2.45) is 7.05 Å². The fraction of sp³-hybridized carbons (Fsp3) is 0.214. The lowest BCUT2D eigenvalue weighted by molar-refractivity contribution is 0.173. The van der Waals surface area contributed by atoms with E-state index in [2.05, 4.69) is 15.1 Å². The van der Waals surface area contributed by atoms with E-state index in [-0.39, 0.29) is 0 Å². The van der Waals surface area contributed by atoms with Crippen LogP contribution < -0.4 is 0 Å². The number of hydrogen-bond acceptors (Lipinski definition) is 4. The van der Waals surface area contributed by atoms with Crippen molar-refractivity contribution in [3.05, 3.63) is 54.1 Å². The first-order valence-corrected chi connectivity index (χ1v) is 6.09. The van der Waals surface area contributed by atoms with Gasteiger partial charge < -0.3 is 5.11 Å². The molecule has 1 aromatic carbocycles. The lowest BCUT2D eigenvalue weighted by Crippen LogP contribution is -2.04. The van der Waals surface area contributed by atoms with Crippen molar-refractivity contribution >= 4 is 11.0 Å². The third-order valence-electron chi connectivity index (χ3n) is 3.00. The highest BCUT2D eigenvalue weighted by atomic mass is 16.3. The molecule has 0 amide bonds. The van der Waals surface area contributed by atoms with Gasteiger partial charge >= 0.3 is 0 Å². The first-order valence-electron chi connectivity index (χ1n) is 6.09. The zero-order chi connectivity index (χ0) is 13.2. The molecule has 0 saturated heterocycles. The molecule has 1 unspecified atom stereocenters. The van der Waals surface area contributed by atoms with Gasteiger partial charge in [0.2, 0.25) is 0 Å². The molecule has 0 spiro atoms.